The number of para-hydroxylation sites is 1. The van der Waals surface area contributed by atoms with Crippen molar-refractivity contribution in [1.29, 1.82) is 0 Å². The smallest absolute Gasteiger partial charge is 0.255 e. The lowest BCUT2D eigenvalue weighted by molar-refractivity contribution is 0.0931. The fourth-order valence-electron chi connectivity index (χ4n) is 3.07. The lowest BCUT2D eigenvalue weighted by atomic mass is 10.0. The molecule has 2 aromatic carbocycles. The topological polar surface area (TPSA) is 41.6 Å². The number of nitrogens with zero attached hydrogens (tertiary/aromatic N) is 1. The number of likely N-dealkylation sites (N-methyl/N-ethyl adjacent to an activating group) is 1. The molecule has 0 saturated carbocycles. The average Bonchev–Trinajstić information content (AvgIpc) is 2.66. The van der Waals surface area contributed by atoms with Gasteiger partial charge in [0.1, 0.15) is 5.75 Å². The molecule has 0 saturated heterocycles. The molecule has 1 atom stereocenters. The zero-order chi connectivity index (χ0) is 18.9. The van der Waals surface area contributed by atoms with Crippen LogP contribution in [0.15, 0.2) is 48.5 Å². The van der Waals surface area contributed by atoms with E-state index < -0.39 is 0 Å². The van der Waals surface area contributed by atoms with Crippen LogP contribution in [0.1, 0.15) is 42.7 Å². The van der Waals surface area contributed by atoms with Crippen molar-refractivity contribution in [2.45, 2.75) is 26.8 Å². The van der Waals surface area contributed by atoms with Gasteiger partial charge in [0.05, 0.1) is 18.2 Å². The molecular weight excluding hydrogens is 348 g/mol. The number of halogens is 1. The molecule has 140 valence electrons. The minimum atomic E-state index is -0.141. The molecule has 0 fully saturated rings. The predicted octanol–water partition coefficient (Wildman–Crippen LogP) is 4.55. The Hall–Kier alpha value is -2.04. The Balaban J connectivity index is 2.19. The first-order valence-corrected chi connectivity index (χ1v) is 9.48. The van der Waals surface area contributed by atoms with Crippen molar-refractivity contribution in [2.75, 3.05) is 26.2 Å². The van der Waals surface area contributed by atoms with E-state index >= 15 is 0 Å². The average molecular weight is 375 g/mol. The van der Waals surface area contributed by atoms with Crippen molar-refractivity contribution in [2.24, 2.45) is 0 Å². The summed E-state index contributed by atoms with van der Waals surface area (Å²) in [5.41, 5.74) is 1.57. The molecule has 26 heavy (non-hydrogen) atoms. The highest BCUT2D eigenvalue weighted by molar-refractivity contribution is 6.31. The molecule has 1 unspecified atom stereocenters. The number of carbonyl (C=O) groups excluding carboxylic acids is 1. The molecule has 2 aromatic rings. The molecule has 0 aliphatic carbocycles. The van der Waals surface area contributed by atoms with Crippen molar-refractivity contribution in [1.82, 2.24) is 10.2 Å². The number of amides is 1. The summed E-state index contributed by atoms with van der Waals surface area (Å²) in [5.74, 6) is 0.461. The van der Waals surface area contributed by atoms with E-state index in [1.165, 1.54) is 0 Å². The van der Waals surface area contributed by atoms with Crippen LogP contribution in [0, 0.1) is 0 Å². The van der Waals surface area contributed by atoms with E-state index in [-0.39, 0.29) is 11.9 Å². The molecule has 0 aliphatic heterocycles. The Morgan fingerprint density at radius 2 is 1.73 bits per heavy atom. The van der Waals surface area contributed by atoms with Gasteiger partial charge < -0.3 is 10.1 Å². The van der Waals surface area contributed by atoms with Crippen LogP contribution in [-0.2, 0) is 0 Å². The number of rotatable bonds is 9. The molecule has 1 N–H and O–H groups in total. The van der Waals surface area contributed by atoms with Crippen LogP contribution in [0.3, 0.4) is 0 Å². The molecule has 1 amide bonds. The quantitative estimate of drug-likeness (QED) is 0.700. The van der Waals surface area contributed by atoms with E-state index in [1.54, 1.807) is 6.07 Å². The Kier molecular flexibility index (Phi) is 7.95. The summed E-state index contributed by atoms with van der Waals surface area (Å²) in [4.78, 5) is 15.0. The van der Waals surface area contributed by atoms with Gasteiger partial charge in [-0.2, -0.15) is 0 Å². The van der Waals surface area contributed by atoms with Gasteiger partial charge in [0.15, 0.2) is 0 Å². The number of benzene rings is 2. The second-order valence-corrected chi connectivity index (χ2v) is 6.30. The molecule has 0 heterocycles. The monoisotopic (exact) mass is 374 g/mol. The molecule has 0 aromatic heterocycles. The summed E-state index contributed by atoms with van der Waals surface area (Å²) in [6, 6.07) is 15.1. The second-order valence-electron chi connectivity index (χ2n) is 5.90. The largest absolute Gasteiger partial charge is 0.493 e. The number of carbonyl (C=O) groups is 1. The fourth-order valence-corrected chi connectivity index (χ4v) is 3.33. The zero-order valence-electron chi connectivity index (χ0n) is 15.7. The maximum Gasteiger partial charge on any atom is 0.255 e. The fraction of sp³-hybridized carbons (Fsp3) is 0.381. The van der Waals surface area contributed by atoms with E-state index in [0.29, 0.717) is 29.5 Å². The van der Waals surface area contributed by atoms with Crippen LogP contribution in [0.25, 0.3) is 0 Å². The van der Waals surface area contributed by atoms with Crippen molar-refractivity contribution in [3.8, 4) is 5.75 Å². The van der Waals surface area contributed by atoms with Crippen LogP contribution >= 0.6 is 11.6 Å². The summed E-state index contributed by atoms with van der Waals surface area (Å²) in [6.45, 7) is 8.87. The molecule has 5 heteroatoms. The summed E-state index contributed by atoms with van der Waals surface area (Å²) in [5, 5.41) is 3.77. The Morgan fingerprint density at radius 3 is 2.38 bits per heavy atom. The number of hydrogen-bond donors (Lipinski definition) is 1. The third-order valence-corrected chi connectivity index (χ3v) is 4.75. The predicted molar refractivity (Wildman–Crippen MR) is 107 cm³/mol. The third kappa shape index (κ3) is 4.99. The van der Waals surface area contributed by atoms with Crippen LogP contribution in [0.2, 0.25) is 5.02 Å². The molecule has 4 nitrogen and oxygen atoms in total. The molecule has 0 aliphatic rings. The Morgan fingerprint density at radius 1 is 1.08 bits per heavy atom. The third-order valence-electron chi connectivity index (χ3n) is 4.40. The highest BCUT2D eigenvalue weighted by atomic mass is 35.5. The summed E-state index contributed by atoms with van der Waals surface area (Å²) >= 11 is 6.42. The van der Waals surface area contributed by atoms with Crippen LogP contribution in [-0.4, -0.2) is 37.0 Å². The summed E-state index contributed by atoms with van der Waals surface area (Å²) in [7, 11) is 0. The highest BCUT2D eigenvalue weighted by Gasteiger charge is 2.22. The maximum absolute atomic E-state index is 12.7. The molecule has 0 radical (unpaired) electrons. The first-order valence-electron chi connectivity index (χ1n) is 9.10. The zero-order valence-corrected chi connectivity index (χ0v) is 16.4. The maximum atomic E-state index is 12.7. The molecule has 2 rings (SSSR count). The minimum Gasteiger partial charge on any atom is -0.493 e. The van der Waals surface area contributed by atoms with E-state index in [2.05, 4.69) is 24.1 Å². The van der Waals surface area contributed by atoms with E-state index in [0.717, 1.165) is 18.7 Å². The minimum absolute atomic E-state index is 0.0157. The van der Waals surface area contributed by atoms with E-state index in [4.69, 9.17) is 16.3 Å². The lowest BCUT2D eigenvalue weighted by Gasteiger charge is -2.31. The SMILES string of the molecule is CCOc1ccccc1C(=O)NCC(c1ccccc1Cl)N(CC)CC. The van der Waals surface area contributed by atoms with Crippen molar-refractivity contribution in [3.05, 3.63) is 64.7 Å². The van der Waals surface area contributed by atoms with Crippen molar-refractivity contribution < 1.29 is 9.53 Å². The van der Waals surface area contributed by atoms with E-state index in [9.17, 15) is 4.79 Å². The summed E-state index contributed by atoms with van der Waals surface area (Å²) in [6.07, 6.45) is 0. The molecule has 0 spiro atoms. The van der Waals surface area contributed by atoms with Crippen LogP contribution in [0.5, 0.6) is 5.75 Å². The lowest BCUT2D eigenvalue weighted by Crippen LogP contribution is -2.38. The Labute approximate surface area is 161 Å². The number of nitrogens with one attached hydrogen (secondary N) is 1. The van der Waals surface area contributed by atoms with Crippen LogP contribution < -0.4 is 10.1 Å². The van der Waals surface area contributed by atoms with Gasteiger partial charge in [-0.25, -0.2) is 0 Å². The van der Waals surface area contributed by atoms with Gasteiger partial charge in [-0.1, -0.05) is 55.8 Å². The molecule has 0 bridgehead atoms. The van der Waals surface area contributed by atoms with Crippen molar-refractivity contribution >= 4 is 17.5 Å². The van der Waals surface area contributed by atoms with E-state index in [1.807, 2.05) is 49.4 Å². The highest BCUT2D eigenvalue weighted by Crippen LogP contribution is 2.27. The van der Waals surface area contributed by atoms with Crippen molar-refractivity contribution in [3.63, 3.8) is 0 Å². The van der Waals surface area contributed by atoms with Crippen LogP contribution in [0.4, 0.5) is 0 Å². The van der Waals surface area contributed by atoms with Gasteiger partial charge in [-0.15, -0.1) is 0 Å². The van der Waals surface area contributed by atoms with Gasteiger partial charge in [-0.3, -0.25) is 9.69 Å². The standard InChI is InChI=1S/C21H27ClN2O2/c1-4-24(5-2)19(16-11-7-9-13-18(16)22)15-23-21(25)17-12-8-10-14-20(17)26-6-3/h7-14,19H,4-6,15H2,1-3H3,(H,23,25). The first-order chi connectivity index (χ1) is 12.6. The molecular formula is C21H27ClN2O2. The first kappa shape index (κ1) is 20.3. The number of hydrogen-bond acceptors (Lipinski definition) is 3. The van der Waals surface area contributed by atoms with Gasteiger partial charge in [0, 0.05) is 11.6 Å². The van der Waals surface area contributed by atoms with Gasteiger partial charge in [0.25, 0.3) is 5.91 Å². The summed E-state index contributed by atoms with van der Waals surface area (Å²) < 4.78 is 5.57. The Bertz CT molecular complexity index is 717. The van der Waals surface area contributed by atoms with Gasteiger partial charge in [-0.05, 0) is 43.8 Å². The van der Waals surface area contributed by atoms with Gasteiger partial charge in [0.2, 0.25) is 0 Å². The normalized spacial score (nSPS) is 12.0. The second kappa shape index (κ2) is 10.2. The number of ether oxygens (including phenoxy) is 1. The van der Waals surface area contributed by atoms with Gasteiger partial charge >= 0.3 is 0 Å².